The van der Waals surface area contributed by atoms with Gasteiger partial charge in [0.15, 0.2) is 11.5 Å². The van der Waals surface area contributed by atoms with E-state index in [2.05, 4.69) is 29.1 Å². The topological polar surface area (TPSA) is 69.0 Å². The van der Waals surface area contributed by atoms with Gasteiger partial charge in [0.05, 0.1) is 25.5 Å². The van der Waals surface area contributed by atoms with Crippen molar-refractivity contribution in [2.45, 2.75) is 51.8 Å². The van der Waals surface area contributed by atoms with E-state index in [1.54, 1.807) is 7.11 Å². The molecule has 2 aromatic carbocycles. The van der Waals surface area contributed by atoms with Crippen LogP contribution in [0.2, 0.25) is 0 Å². The molecule has 0 unspecified atom stereocenters. The molecule has 0 radical (unpaired) electrons. The molecule has 1 aliphatic rings. The number of nitrogens with zero attached hydrogens (tertiary/aromatic N) is 3. The number of methoxy groups -OCH3 is 1. The Morgan fingerprint density at radius 1 is 0.971 bits per heavy atom. The molecule has 0 spiro atoms. The molecule has 0 bridgehead atoms. The Morgan fingerprint density at radius 2 is 1.80 bits per heavy atom. The highest BCUT2D eigenvalue weighted by molar-refractivity contribution is 5.43. The number of likely N-dealkylation sites (tertiary alicyclic amines) is 1. The number of rotatable bonds is 10. The lowest BCUT2D eigenvalue weighted by molar-refractivity contribution is -0.0168. The highest BCUT2D eigenvalue weighted by Gasteiger charge is 2.31. The molecule has 1 atom stereocenters. The van der Waals surface area contributed by atoms with Crippen LogP contribution in [0.5, 0.6) is 17.2 Å². The van der Waals surface area contributed by atoms with Crippen LogP contribution in [-0.2, 0) is 13.1 Å². The first-order valence-electron chi connectivity index (χ1n) is 12.4. The zero-order chi connectivity index (χ0) is 24.7. The molecule has 0 aliphatic carbocycles. The summed E-state index contributed by atoms with van der Waals surface area (Å²) in [6.45, 7) is 8.14. The lowest BCUT2D eigenvalue weighted by Gasteiger charge is -2.27. The van der Waals surface area contributed by atoms with Crippen molar-refractivity contribution in [1.29, 1.82) is 0 Å². The predicted molar refractivity (Wildman–Crippen MR) is 136 cm³/mol. The lowest BCUT2D eigenvalue weighted by atomic mass is 9.96. The van der Waals surface area contributed by atoms with Crippen molar-refractivity contribution in [3.63, 3.8) is 0 Å². The summed E-state index contributed by atoms with van der Waals surface area (Å²) in [5.41, 5.74) is 2.69. The van der Waals surface area contributed by atoms with E-state index in [-0.39, 0.29) is 0 Å². The van der Waals surface area contributed by atoms with Gasteiger partial charge in [0, 0.05) is 19.3 Å². The Bertz CT molecular complexity index is 1080. The van der Waals surface area contributed by atoms with Crippen LogP contribution in [0.15, 0.2) is 54.9 Å². The number of aryl methyl sites for hydroxylation is 2. The molecule has 1 N–H and O–H groups in total. The molecule has 1 fully saturated rings. The van der Waals surface area contributed by atoms with Crippen molar-refractivity contribution in [1.82, 2.24) is 14.7 Å². The Hall–Kier alpha value is -3.03. The van der Waals surface area contributed by atoms with E-state index >= 15 is 0 Å². The van der Waals surface area contributed by atoms with E-state index < -0.39 is 5.60 Å². The molecule has 1 aromatic heterocycles. The van der Waals surface area contributed by atoms with Crippen LogP contribution in [0.25, 0.3) is 0 Å². The average Bonchev–Trinajstić information content (AvgIpc) is 3.18. The quantitative estimate of drug-likeness (QED) is 0.465. The second-order valence-corrected chi connectivity index (χ2v) is 9.57. The summed E-state index contributed by atoms with van der Waals surface area (Å²) in [5, 5.41) is 15.5. The molecule has 7 heteroatoms. The minimum absolute atomic E-state index is 0.320. The van der Waals surface area contributed by atoms with Gasteiger partial charge in [-0.1, -0.05) is 23.8 Å². The fourth-order valence-corrected chi connectivity index (χ4v) is 4.42. The fourth-order valence-electron chi connectivity index (χ4n) is 4.42. The van der Waals surface area contributed by atoms with Gasteiger partial charge in [-0.25, -0.2) is 0 Å². The SMILES string of the molecule is COc1ccc(CN2CCC[C@](O)(COc3ccc(C)cc3)CC2)cc1OCCn1cc(C)cn1. The molecule has 1 saturated heterocycles. The summed E-state index contributed by atoms with van der Waals surface area (Å²) in [7, 11) is 1.66. The Morgan fingerprint density at radius 3 is 2.54 bits per heavy atom. The van der Waals surface area contributed by atoms with E-state index in [1.807, 2.05) is 54.3 Å². The van der Waals surface area contributed by atoms with Gasteiger partial charge < -0.3 is 19.3 Å². The number of ether oxygens (including phenoxy) is 3. The third-order valence-corrected chi connectivity index (χ3v) is 6.51. The summed E-state index contributed by atoms with van der Waals surface area (Å²) < 4.78 is 19.4. The summed E-state index contributed by atoms with van der Waals surface area (Å²) in [6, 6.07) is 14.1. The number of hydrogen-bond acceptors (Lipinski definition) is 6. The van der Waals surface area contributed by atoms with Crippen LogP contribution in [-0.4, -0.2) is 58.8 Å². The van der Waals surface area contributed by atoms with E-state index in [4.69, 9.17) is 14.2 Å². The van der Waals surface area contributed by atoms with Crippen LogP contribution < -0.4 is 14.2 Å². The number of aromatic nitrogens is 2. The second-order valence-electron chi connectivity index (χ2n) is 9.57. The first-order chi connectivity index (χ1) is 16.9. The van der Waals surface area contributed by atoms with Gasteiger partial charge in [-0.05, 0) is 75.0 Å². The standard InChI is InChI=1S/C28H37N3O4/c1-22-5-8-25(9-6-22)35-21-28(32)11-4-13-30(14-12-28)20-24-7-10-26(33-3)27(17-24)34-16-15-31-19-23(2)18-29-31/h5-10,17-19,32H,4,11-16,20-21H2,1-3H3/t28-/m1/s1. The average molecular weight is 480 g/mol. The van der Waals surface area contributed by atoms with Gasteiger partial charge in [0.2, 0.25) is 0 Å². The molecule has 7 nitrogen and oxygen atoms in total. The maximum absolute atomic E-state index is 11.2. The van der Waals surface area contributed by atoms with Crippen molar-refractivity contribution < 1.29 is 19.3 Å². The maximum Gasteiger partial charge on any atom is 0.161 e. The molecule has 4 rings (SSSR count). The van der Waals surface area contributed by atoms with Crippen LogP contribution in [0, 0.1) is 13.8 Å². The predicted octanol–water partition coefficient (Wildman–Crippen LogP) is 4.38. The summed E-state index contributed by atoms with van der Waals surface area (Å²) in [4.78, 5) is 2.39. The summed E-state index contributed by atoms with van der Waals surface area (Å²) in [5.74, 6) is 2.27. The van der Waals surface area contributed by atoms with Gasteiger partial charge in [0.25, 0.3) is 0 Å². The van der Waals surface area contributed by atoms with Crippen LogP contribution in [0.3, 0.4) is 0 Å². The first-order valence-corrected chi connectivity index (χ1v) is 12.4. The summed E-state index contributed by atoms with van der Waals surface area (Å²) in [6.07, 6.45) is 6.19. The second kappa shape index (κ2) is 11.6. The van der Waals surface area contributed by atoms with Gasteiger partial charge in [-0.2, -0.15) is 5.10 Å². The van der Waals surface area contributed by atoms with Crippen molar-refractivity contribution in [3.8, 4) is 17.2 Å². The third-order valence-electron chi connectivity index (χ3n) is 6.51. The zero-order valence-electron chi connectivity index (χ0n) is 21.1. The van der Waals surface area contributed by atoms with E-state index in [0.29, 0.717) is 26.2 Å². The smallest absolute Gasteiger partial charge is 0.161 e. The largest absolute Gasteiger partial charge is 0.493 e. The third kappa shape index (κ3) is 7.23. The molecule has 35 heavy (non-hydrogen) atoms. The highest BCUT2D eigenvalue weighted by atomic mass is 16.5. The molecule has 3 aromatic rings. The number of benzene rings is 2. The van der Waals surface area contributed by atoms with Gasteiger partial charge in [-0.15, -0.1) is 0 Å². The van der Waals surface area contributed by atoms with Crippen molar-refractivity contribution in [3.05, 3.63) is 71.5 Å². The minimum Gasteiger partial charge on any atom is -0.493 e. The van der Waals surface area contributed by atoms with E-state index in [0.717, 1.165) is 60.9 Å². The molecular formula is C28H37N3O4. The normalized spacial score (nSPS) is 18.7. The summed E-state index contributed by atoms with van der Waals surface area (Å²) >= 11 is 0. The Balaban J connectivity index is 1.31. The molecule has 1 aliphatic heterocycles. The highest BCUT2D eigenvalue weighted by Crippen LogP contribution is 2.30. The van der Waals surface area contributed by atoms with Gasteiger partial charge in [-0.3, -0.25) is 9.58 Å². The number of hydrogen-bond donors (Lipinski definition) is 1. The van der Waals surface area contributed by atoms with Gasteiger partial charge >= 0.3 is 0 Å². The Kier molecular flexibility index (Phi) is 8.31. The minimum atomic E-state index is -0.807. The molecular weight excluding hydrogens is 442 g/mol. The van der Waals surface area contributed by atoms with E-state index in [9.17, 15) is 5.11 Å². The van der Waals surface area contributed by atoms with Crippen LogP contribution in [0.4, 0.5) is 0 Å². The van der Waals surface area contributed by atoms with Gasteiger partial charge in [0.1, 0.15) is 19.0 Å². The maximum atomic E-state index is 11.2. The first kappa shape index (κ1) is 25.1. The number of aliphatic hydroxyl groups is 1. The van der Waals surface area contributed by atoms with Crippen molar-refractivity contribution >= 4 is 0 Å². The van der Waals surface area contributed by atoms with Crippen molar-refractivity contribution in [2.24, 2.45) is 0 Å². The van der Waals surface area contributed by atoms with E-state index in [1.165, 1.54) is 5.56 Å². The Labute approximate surface area is 208 Å². The molecule has 2 heterocycles. The lowest BCUT2D eigenvalue weighted by Crippen LogP contribution is -2.37. The van der Waals surface area contributed by atoms with Crippen LogP contribution in [0.1, 0.15) is 36.0 Å². The fraction of sp³-hybridized carbons (Fsp3) is 0.464. The van der Waals surface area contributed by atoms with Crippen molar-refractivity contribution in [2.75, 3.05) is 33.4 Å². The molecule has 188 valence electrons. The van der Waals surface area contributed by atoms with Crippen LogP contribution >= 0.6 is 0 Å². The molecule has 0 amide bonds. The molecule has 0 saturated carbocycles. The monoisotopic (exact) mass is 479 g/mol. The zero-order valence-corrected chi connectivity index (χ0v) is 21.1.